The van der Waals surface area contributed by atoms with E-state index in [1.165, 1.54) is 5.56 Å². The molecule has 16 heavy (non-hydrogen) atoms. The van der Waals surface area contributed by atoms with Crippen LogP contribution in [0.2, 0.25) is 0 Å². The van der Waals surface area contributed by atoms with E-state index in [4.69, 9.17) is 5.73 Å². The highest BCUT2D eigenvalue weighted by Gasteiger charge is 2.22. The molecule has 1 aromatic heterocycles. The maximum absolute atomic E-state index is 6.11. The number of aromatic nitrogens is 2. The van der Waals surface area contributed by atoms with Crippen molar-refractivity contribution in [2.24, 2.45) is 12.8 Å². The quantitative estimate of drug-likeness (QED) is 0.874. The predicted molar refractivity (Wildman–Crippen MR) is 70.4 cm³/mol. The largest absolute Gasteiger partial charge is 0.329 e. The Morgan fingerprint density at radius 3 is 2.56 bits per heavy atom. The lowest BCUT2D eigenvalue weighted by Crippen LogP contribution is -2.32. The molecule has 0 bridgehead atoms. The summed E-state index contributed by atoms with van der Waals surface area (Å²) in [6.07, 6.45) is 0. The molecule has 1 aromatic carbocycles. The first-order valence-electron chi connectivity index (χ1n) is 5.22. The van der Waals surface area contributed by atoms with Gasteiger partial charge in [0.15, 0.2) is 0 Å². The van der Waals surface area contributed by atoms with Crippen molar-refractivity contribution in [3.8, 4) is 0 Å². The maximum Gasteiger partial charge on any atom is 0.129 e. The van der Waals surface area contributed by atoms with Crippen LogP contribution in [0.15, 0.2) is 16.6 Å². The third-order valence-electron chi connectivity index (χ3n) is 2.70. The van der Waals surface area contributed by atoms with Gasteiger partial charge in [0.2, 0.25) is 0 Å². The molecule has 0 aliphatic rings. The van der Waals surface area contributed by atoms with Gasteiger partial charge in [-0.25, -0.2) is 4.98 Å². The predicted octanol–water partition coefficient (Wildman–Crippen LogP) is 2.84. The van der Waals surface area contributed by atoms with E-state index in [1.54, 1.807) is 0 Å². The molecule has 0 fully saturated rings. The Bertz CT molecular complexity index is 549. The van der Waals surface area contributed by atoms with Gasteiger partial charge in [-0.3, -0.25) is 0 Å². The molecule has 4 heteroatoms. The van der Waals surface area contributed by atoms with Crippen LogP contribution in [-0.2, 0) is 12.6 Å². The van der Waals surface area contributed by atoms with Gasteiger partial charge in [-0.2, -0.15) is 0 Å². The Morgan fingerprint density at radius 2 is 2.00 bits per heavy atom. The van der Waals surface area contributed by atoms with Crippen molar-refractivity contribution in [3.63, 3.8) is 0 Å². The fourth-order valence-electron chi connectivity index (χ4n) is 2.11. The zero-order chi connectivity index (χ0) is 12.1. The molecule has 2 N–H and O–H groups in total. The molecule has 86 valence electrons. The van der Waals surface area contributed by atoms with E-state index in [2.05, 4.69) is 38.5 Å². The number of hydrogen-bond donors (Lipinski definition) is 1. The number of halogens is 1. The molecular weight excluding hydrogens is 266 g/mol. The average Bonchev–Trinajstić information content (AvgIpc) is 2.41. The molecule has 3 nitrogen and oxygen atoms in total. The number of hydrogen-bond acceptors (Lipinski definition) is 2. The van der Waals surface area contributed by atoms with Crippen LogP contribution in [0.5, 0.6) is 0 Å². The Hall–Kier alpha value is -0.870. The minimum atomic E-state index is -0.424. The SMILES string of the molecule is Cc1cc(Br)cc2nc(C(C)(C)N)n(C)c12. The number of rotatable bonds is 1. The van der Waals surface area contributed by atoms with Crippen LogP contribution in [0.4, 0.5) is 0 Å². The second-order valence-corrected chi connectivity index (χ2v) is 5.72. The number of imidazole rings is 1. The molecule has 0 saturated heterocycles. The van der Waals surface area contributed by atoms with Crippen molar-refractivity contribution in [1.29, 1.82) is 0 Å². The van der Waals surface area contributed by atoms with Crippen molar-refractivity contribution < 1.29 is 0 Å². The Morgan fingerprint density at radius 1 is 1.38 bits per heavy atom. The smallest absolute Gasteiger partial charge is 0.129 e. The number of nitrogens with two attached hydrogens (primary N) is 1. The van der Waals surface area contributed by atoms with Gasteiger partial charge in [0.05, 0.1) is 16.6 Å². The van der Waals surface area contributed by atoms with E-state index in [0.29, 0.717) is 0 Å². The molecule has 2 rings (SSSR count). The lowest BCUT2D eigenvalue weighted by molar-refractivity contribution is 0.498. The second kappa shape index (κ2) is 3.57. The minimum Gasteiger partial charge on any atom is -0.329 e. The van der Waals surface area contributed by atoms with E-state index < -0.39 is 5.54 Å². The third-order valence-corrected chi connectivity index (χ3v) is 3.16. The van der Waals surface area contributed by atoms with Gasteiger partial charge in [-0.15, -0.1) is 0 Å². The first kappa shape index (κ1) is 11.6. The number of benzene rings is 1. The highest BCUT2D eigenvalue weighted by Crippen LogP contribution is 2.27. The number of fused-ring (bicyclic) bond motifs is 1. The molecular formula is C12H16BrN3. The zero-order valence-electron chi connectivity index (χ0n) is 10.0. The van der Waals surface area contributed by atoms with Crippen LogP contribution >= 0.6 is 15.9 Å². The topological polar surface area (TPSA) is 43.8 Å². The van der Waals surface area contributed by atoms with Crippen LogP contribution < -0.4 is 5.73 Å². The van der Waals surface area contributed by atoms with Crippen molar-refractivity contribution in [1.82, 2.24) is 9.55 Å². The molecule has 0 aliphatic heterocycles. The highest BCUT2D eigenvalue weighted by atomic mass is 79.9. The summed E-state index contributed by atoms with van der Waals surface area (Å²) in [4.78, 5) is 4.61. The second-order valence-electron chi connectivity index (χ2n) is 4.81. The van der Waals surface area contributed by atoms with Gasteiger partial charge in [0.1, 0.15) is 5.82 Å². The summed E-state index contributed by atoms with van der Waals surface area (Å²) < 4.78 is 3.13. The van der Waals surface area contributed by atoms with Crippen LogP contribution in [0.1, 0.15) is 25.2 Å². The summed E-state index contributed by atoms with van der Waals surface area (Å²) in [5.41, 5.74) is 9.03. The number of nitrogens with zero attached hydrogens (tertiary/aromatic N) is 2. The van der Waals surface area contributed by atoms with E-state index in [-0.39, 0.29) is 0 Å². The van der Waals surface area contributed by atoms with Gasteiger partial charge in [-0.1, -0.05) is 15.9 Å². The van der Waals surface area contributed by atoms with E-state index >= 15 is 0 Å². The molecule has 0 spiro atoms. The maximum atomic E-state index is 6.11. The standard InChI is InChI=1S/C12H16BrN3/c1-7-5-8(13)6-9-10(7)16(4)11(15-9)12(2,3)14/h5-6H,14H2,1-4H3. The van der Waals surface area contributed by atoms with Crippen LogP contribution in [0.25, 0.3) is 11.0 Å². The summed E-state index contributed by atoms with van der Waals surface area (Å²) in [6.45, 7) is 6.03. The lowest BCUT2D eigenvalue weighted by atomic mass is 10.1. The van der Waals surface area contributed by atoms with Crippen molar-refractivity contribution >= 4 is 27.0 Å². The fraction of sp³-hybridized carbons (Fsp3) is 0.417. The van der Waals surface area contributed by atoms with Gasteiger partial charge in [-0.05, 0) is 38.5 Å². The zero-order valence-corrected chi connectivity index (χ0v) is 11.6. The minimum absolute atomic E-state index is 0.424. The highest BCUT2D eigenvalue weighted by molar-refractivity contribution is 9.10. The van der Waals surface area contributed by atoms with Crippen LogP contribution in [0, 0.1) is 6.92 Å². The number of aryl methyl sites for hydroxylation is 2. The normalized spacial score (nSPS) is 12.4. The molecule has 0 atom stereocenters. The molecule has 0 saturated carbocycles. The third kappa shape index (κ3) is 1.76. The Balaban J connectivity index is 2.83. The average molecular weight is 282 g/mol. The fourth-order valence-corrected chi connectivity index (χ4v) is 2.67. The van der Waals surface area contributed by atoms with E-state index in [9.17, 15) is 0 Å². The summed E-state index contributed by atoms with van der Waals surface area (Å²) in [7, 11) is 2.01. The van der Waals surface area contributed by atoms with E-state index in [1.807, 2.05) is 27.0 Å². The van der Waals surface area contributed by atoms with Gasteiger partial charge in [0, 0.05) is 11.5 Å². The summed E-state index contributed by atoms with van der Waals surface area (Å²) in [5, 5.41) is 0. The van der Waals surface area contributed by atoms with Gasteiger partial charge >= 0.3 is 0 Å². The van der Waals surface area contributed by atoms with Crippen LogP contribution in [0.3, 0.4) is 0 Å². The first-order chi connectivity index (χ1) is 7.30. The van der Waals surface area contributed by atoms with Gasteiger partial charge < -0.3 is 10.3 Å². The van der Waals surface area contributed by atoms with Crippen molar-refractivity contribution in [2.75, 3.05) is 0 Å². The Kier molecular flexibility index (Phi) is 2.59. The summed E-state index contributed by atoms with van der Waals surface area (Å²) in [6, 6.07) is 4.12. The van der Waals surface area contributed by atoms with E-state index in [0.717, 1.165) is 21.3 Å². The molecule has 0 radical (unpaired) electrons. The van der Waals surface area contributed by atoms with Gasteiger partial charge in [0.25, 0.3) is 0 Å². The summed E-state index contributed by atoms with van der Waals surface area (Å²) in [5.74, 6) is 0.906. The molecule has 2 aromatic rings. The molecule has 0 aliphatic carbocycles. The van der Waals surface area contributed by atoms with Crippen LogP contribution in [-0.4, -0.2) is 9.55 Å². The Labute approximate surface area is 104 Å². The summed E-state index contributed by atoms with van der Waals surface area (Å²) >= 11 is 3.49. The van der Waals surface area contributed by atoms with Crippen molar-refractivity contribution in [2.45, 2.75) is 26.3 Å². The first-order valence-corrected chi connectivity index (χ1v) is 6.02. The molecule has 1 heterocycles. The monoisotopic (exact) mass is 281 g/mol. The molecule has 0 unspecified atom stereocenters. The lowest BCUT2D eigenvalue weighted by Gasteiger charge is -2.17. The molecule has 0 amide bonds. The van der Waals surface area contributed by atoms with Crippen molar-refractivity contribution in [3.05, 3.63) is 28.0 Å².